The van der Waals surface area contributed by atoms with E-state index in [4.69, 9.17) is 14.2 Å². The summed E-state index contributed by atoms with van der Waals surface area (Å²) in [6.07, 6.45) is 0.879. The lowest BCUT2D eigenvalue weighted by Gasteiger charge is -2.28. The molecule has 1 unspecified atom stereocenters. The zero-order valence-corrected chi connectivity index (χ0v) is 14.3. The molecule has 0 aromatic heterocycles. The summed E-state index contributed by atoms with van der Waals surface area (Å²) in [7, 11) is 2.85. The Hall–Kier alpha value is -2.70. The number of benzene rings is 1. The molecule has 1 atom stereocenters. The molecule has 0 aliphatic carbocycles. The Bertz CT molecular complexity index is 669. The number of nitrogens with one attached hydrogen (secondary N) is 2. The van der Waals surface area contributed by atoms with Gasteiger partial charge in [-0.15, -0.1) is 0 Å². The minimum Gasteiger partial charge on any atom is -0.493 e. The van der Waals surface area contributed by atoms with E-state index < -0.39 is 12.0 Å². The number of ether oxygens (including phenoxy) is 3. The van der Waals surface area contributed by atoms with Crippen molar-refractivity contribution in [3.63, 3.8) is 0 Å². The summed E-state index contributed by atoms with van der Waals surface area (Å²) in [5.74, 6) is 0.648. The van der Waals surface area contributed by atoms with Crippen LogP contribution in [0.2, 0.25) is 0 Å². The monoisotopic (exact) mass is 334 g/mol. The average Bonchev–Trinajstić information content (AvgIpc) is 2.58. The van der Waals surface area contributed by atoms with E-state index in [0.717, 1.165) is 6.42 Å². The highest BCUT2D eigenvalue weighted by Gasteiger charge is 2.32. The van der Waals surface area contributed by atoms with E-state index >= 15 is 0 Å². The van der Waals surface area contributed by atoms with E-state index in [-0.39, 0.29) is 6.03 Å². The number of hydrogen-bond donors (Lipinski definition) is 2. The third kappa shape index (κ3) is 3.61. The molecular formula is C17H22N2O5. The van der Waals surface area contributed by atoms with Crippen LogP contribution < -0.4 is 20.1 Å². The van der Waals surface area contributed by atoms with E-state index in [2.05, 4.69) is 10.6 Å². The van der Waals surface area contributed by atoms with Crippen molar-refractivity contribution in [2.45, 2.75) is 26.3 Å². The number of esters is 1. The van der Waals surface area contributed by atoms with Crippen LogP contribution in [-0.4, -0.2) is 32.8 Å². The van der Waals surface area contributed by atoms with Gasteiger partial charge < -0.3 is 24.8 Å². The first-order valence-electron chi connectivity index (χ1n) is 7.69. The molecule has 1 heterocycles. The molecular weight excluding hydrogens is 312 g/mol. The number of rotatable bonds is 6. The van der Waals surface area contributed by atoms with E-state index in [9.17, 15) is 9.59 Å². The van der Waals surface area contributed by atoms with Crippen LogP contribution in [0.1, 0.15) is 31.9 Å². The molecule has 2 N–H and O–H groups in total. The Morgan fingerprint density at radius 2 is 2.00 bits per heavy atom. The SMILES string of the molecule is CCCOc1ccc(C2NC(=O)NC(C)=C2C(=O)OC)cc1OC. The Labute approximate surface area is 141 Å². The maximum atomic E-state index is 12.1. The second-order valence-corrected chi connectivity index (χ2v) is 5.32. The highest BCUT2D eigenvalue weighted by Crippen LogP contribution is 2.34. The van der Waals surface area contributed by atoms with Gasteiger partial charge in [-0.05, 0) is 31.0 Å². The van der Waals surface area contributed by atoms with Gasteiger partial charge in [-0.3, -0.25) is 0 Å². The molecule has 1 aliphatic rings. The molecule has 0 spiro atoms. The number of hydrogen-bond acceptors (Lipinski definition) is 5. The van der Waals surface area contributed by atoms with Crippen LogP contribution in [0.15, 0.2) is 29.5 Å². The number of urea groups is 1. The van der Waals surface area contributed by atoms with Crippen LogP contribution in [0.5, 0.6) is 11.5 Å². The topological polar surface area (TPSA) is 85.9 Å². The van der Waals surface area contributed by atoms with E-state index in [0.29, 0.717) is 34.9 Å². The van der Waals surface area contributed by atoms with Crippen molar-refractivity contribution in [1.82, 2.24) is 10.6 Å². The summed E-state index contributed by atoms with van der Waals surface area (Å²) in [5, 5.41) is 5.32. The standard InChI is InChI=1S/C17H22N2O5/c1-5-8-24-12-7-6-11(9-13(12)22-3)15-14(16(20)23-4)10(2)18-17(21)19-15/h6-7,9,15H,5,8H2,1-4H3,(H2,18,19,21). The zero-order chi connectivity index (χ0) is 17.7. The largest absolute Gasteiger partial charge is 0.493 e. The van der Waals surface area contributed by atoms with E-state index in [1.807, 2.05) is 6.92 Å². The minimum absolute atomic E-state index is 0.348. The van der Waals surface area contributed by atoms with Crippen LogP contribution in [0.4, 0.5) is 4.79 Å². The van der Waals surface area contributed by atoms with Gasteiger partial charge >= 0.3 is 12.0 Å². The van der Waals surface area contributed by atoms with Crippen molar-refractivity contribution >= 4 is 12.0 Å². The van der Waals surface area contributed by atoms with Crippen LogP contribution in [-0.2, 0) is 9.53 Å². The second-order valence-electron chi connectivity index (χ2n) is 5.32. The van der Waals surface area contributed by atoms with Gasteiger partial charge in [0.05, 0.1) is 32.4 Å². The summed E-state index contributed by atoms with van der Waals surface area (Å²) in [6, 6.07) is 4.30. The summed E-state index contributed by atoms with van der Waals surface area (Å²) in [5.41, 5.74) is 1.51. The van der Waals surface area contributed by atoms with Gasteiger partial charge in [0.1, 0.15) is 0 Å². The molecule has 2 rings (SSSR count). The van der Waals surface area contributed by atoms with Gasteiger partial charge in [0.2, 0.25) is 0 Å². The lowest BCUT2D eigenvalue weighted by Crippen LogP contribution is -2.45. The first-order chi connectivity index (χ1) is 11.5. The van der Waals surface area contributed by atoms with E-state index in [1.165, 1.54) is 7.11 Å². The normalized spacial score (nSPS) is 17.0. The zero-order valence-electron chi connectivity index (χ0n) is 14.3. The molecule has 0 saturated heterocycles. The summed E-state index contributed by atoms with van der Waals surface area (Å²) in [6.45, 7) is 4.25. The molecule has 0 bridgehead atoms. The Morgan fingerprint density at radius 3 is 2.62 bits per heavy atom. The van der Waals surface area contributed by atoms with E-state index in [1.54, 1.807) is 32.2 Å². The predicted molar refractivity (Wildman–Crippen MR) is 87.9 cm³/mol. The highest BCUT2D eigenvalue weighted by atomic mass is 16.5. The fourth-order valence-corrected chi connectivity index (χ4v) is 2.52. The van der Waals surface area contributed by atoms with Crippen molar-refractivity contribution in [2.24, 2.45) is 0 Å². The van der Waals surface area contributed by atoms with Crippen LogP contribution in [0.25, 0.3) is 0 Å². The Morgan fingerprint density at radius 1 is 1.25 bits per heavy atom. The molecule has 2 amide bonds. The molecule has 0 saturated carbocycles. The van der Waals surface area contributed by atoms with Crippen LogP contribution in [0.3, 0.4) is 0 Å². The summed E-state index contributed by atoms with van der Waals surface area (Å²) < 4.78 is 15.8. The molecule has 0 radical (unpaired) electrons. The lowest BCUT2D eigenvalue weighted by molar-refractivity contribution is -0.136. The number of methoxy groups -OCH3 is 2. The molecule has 1 aromatic carbocycles. The van der Waals surface area contributed by atoms with Gasteiger partial charge in [-0.25, -0.2) is 9.59 Å². The summed E-state index contributed by atoms with van der Waals surface area (Å²) in [4.78, 5) is 23.9. The number of amides is 2. The molecule has 0 fully saturated rings. The first-order valence-corrected chi connectivity index (χ1v) is 7.69. The number of carbonyl (C=O) groups excluding carboxylic acids is 2. The quantitative estimate of drug-likeness (QED) is 0.780. The second kappa shape index (κ2) is 7.72. The summed E-state index contributed by atoms with van der Waals surface area (Å²) >= 11 is 0. The van der Waals surface area contributed by atoms with Crippen LogP contribution in [0, 0.1) is 0 Å². The third-order valence-electron chi connectivity index (χ3n) is 3.66. The predicted octanol–water partition coefficient (Wildman–Crippen LogP) is 2.28. The average molecular weight is 334 g/mol. The van der Waals surface area contributed by atoms with Gasteiger partial charge in [0, 0.05) is 5.70 Å². The Balaban J connectivity index is 2.42. The highest BCUT2D eigenvalue weighted by molar-refractivity contribution is 5.94. The third-order valence-corrected chi connectivity index (χ3v) is 3.66. The lowest BCUT2D eigenvalue weighted by atomic mass is 9.95. The van der Waals surface area contributed by atoms with Gasteiger partial charge in [-0.1, -0.05) is 13.0 Å². The van der Waals surface area contributed by atoms with Crippen molar-refractivity contribution < 1.29 is 23.8 Å². The van der Waals surface area contributed by atoms with Crippen molar-refractivity contribution in [2.75, 3.05) is 20.8 Å². The van der Waals surface area contributed by atoms with Gasteiger partial charge in [-0.2, -0.15) is 0 Å². The van der Waals surface area contributed by atoms with Crippen molar-refractivity contribution in [1.29, 1.82) is 0 Å². The smallest absolute Gasteiger partial charge is 0.337 e. The molecule has 1 aromatic rings. The number of allylic oxidation sites excluding steroid dienone is 1. The first kappa shape index (κ1) is 17.7. The maximum Gasteiger partial charge on any atom is 0.337 e. The minimum atomic E-state index is -0.625. The maximum absolute atomic E-state index is 12.1. The van der Waals surface area contributed by atoms with Gasteiger partial charge in [0.25, 0.3) is 0 Å². The molecule has 24 heavy (non-hydrogen) atoms. The van der Waals surface area contributed by atoms with Crippen molar-refractivity contribution in [3.05, 3.63) is 35.0 Å². The molecule has 7 nitrogen and oxygen atoms in total. The Kier molecular flexibility index (Phi) is 5.68. The van der Waals surface area contributed by atoms with Crippen molar-refractivity contribution in [3.8, 4) is 11.5 Å². The fourth-order valence-electron chi connectivity index (χ4n) is 2.52. The molecule has 1 aliphatic heterocycles. The number of carbonyl (C=O) groups is 2. The van der Waals surface area contributed by atoms with Crippen LogP contribution >= 0.6 is 0 Å². The fraction of sp³-hybridized carbons (Fsp3) is 0.412. The van der Waals surface area contributed by atoms with Gasteiger partial charge in [0.15, 0.2) is 11.5 Å². The molecule has 7 heteroatoms. The molecule has 130 valence electrons.